The summed E-state index contributed by atoms with van der Waals surface area (Å²) in [6.07, 6.45) is 0.745. The standard InChI is InChI=1S/C21H32F3NO2/c1-4-27-20(26)19(25)7-5-6-16(9-8-15(2)3)14-17-10-12-18(13-11-17)21(22,23)24/h10-13,15-16,19H,4-9,14,25H2,1-3H3. The summed E-state index contributed by atoms with van der Waals surface area (Å²) in [6, 6.07) is 4.81. The minimum atomic E-state index is -4.31. The van der Waals surface area contributed by atoms with Crippen LogP contribution in [0.4, 0.5) is 13.2 Å². The van der Waals surface area contributed by atoms with Crippen LogP contribution in [0.15, 0.2) is 24.3 Å². The van der Waals surface area contributed by atoms with Gasteiger partial charge in [-0.1, -0.05) is 45.2 Å². The fraction of sp³-hybridized carbons (Fsp3) is 0.667. The van der Waals surface area contributed by atoms with Crippen LogP contribution in [0.25, 0.3) is 0 Å². The van der Waals surface area contributed by atoms with Crippen LogP contribution in [0.5, 0.6) is 0 Å². The van der Waals surface area contributed by atoms with Crippen LogP contribution < -0.4 is 5.73 Å². The Labute approximate surface area is 160 Å². The van der Waals surface area contributed by atoms with Crippen molar-refractivity contribution in [3.63, 3.8) is 0 Å². The molecule has 0 aliphatic heterocycles. The van der Waals surface area contributed by atoms with Crippen molar-refractivity contribution in [3.8, 4) is 0 Å². The highest BCUT2D eigenvalue weighted by Crippen LogP contribution is 2.30. The highest BCUT2D eigenvalue weighted by Gasteiger charge is 2.30. The van der Waals surface area contributed by atoms with Crippen LogP contribution >= 0.6 is 0 Å². The zero-order chi connectivity index (χ0) is 20.4. The molecule has 2 atom stereocenters. The van der Waals surface area contributed by atoms with E-state index >= 15 is 0 Å². The third-order valence-corrected chi connectivity index (χ3v) is 4.67. The van der Waals surface area contributed by atoms with Gasteiger partial charge in [-0.05, 0) is 55.7 Å². The van der Waals surface area contributed by atoms with E-state index in [1.54, 1.807) is 19.1 Å². The Kier molecular flexibility index (Phi) is 9.84. The first-order chi connectivity index (χ1) is 12.6. The second kappa shape index (κ2) is 11.3. The number of rotatable bonds is 11. The van der Waals surface area contributed by atoms with Gasteiger partial charge in [0.1, 0.15) is 6.04 Å². The monoisotopic (exact) mass is 387 g/mol. The van der Waals surface area contributed by atoms with Crippen molar-refractivity contribution < 1.29 is 22.7 Å². The normalized spacial score (nSPS) is 14.2. The van der Waals surface area contributed by atoms with E-state index in [0.717, 1.165) is 49.8 Å². The molecule has 1 rings (SSSR count). The molecule has 27 heavy (non-hydrogen) atoms. The highest BCUT2D eigenvalue weighted by molar-refractivity contribution is 5.75. The molecule has 0 bridgehead atoms. The molecule has 154 valence electrons. The van der Waals surface area contributed by atoms with E-state index < -0.39 is 17.8 Å². The maximum atomic E-state index is 12.7. The Balaban J connectivity index is 2.61. The summed E-state index contributed by atoms with van der Waals surface area (Å²) < 4.78 is 43.0. The molecular weight excluding hydrogens is 355 g/mol. The van der Waals surface area contributed by atoms with Gasteiger partial charge >= 0.3 is 12.1 Å². The molecule has 0 aromatic heterocycles. The van der Waals surface area contributed by atoms with E-state index in [9.17, 15) is 18.0 Å². The van der Waals surface area contributed by atoms with Gasteiger partial charge in [0.2, 0.25) is 0 Å². The van der Waals surface area contributed by atoms with Crippen LogP contribution in [-0.2, 0) is 22.1 Å². The van der Waals surface area contributed by atoms with Crippen molar-refractivity contribution in [2.75, 3.05) is 6.61 Å². The van der Waals surface area contributed by atoms with E-state index in [-0.39, 0.29) is 5.97 Å². The smallest absolute Gasteiger partial charge is 0.416 e. The van der Waals surface area contributed by atoms with Crippen LogP contribution in [0, 0.1) is 11.8 Å². The molecule has 0 heterocycles. The van der Waals surface area contributed by atoms with E-state index in [1.165, 1.54) is 0 Å². The van der Waals surface area contributed by atoms with Crippen LogP contribution in [0.1, 0.15) is 64.0 Å². The third kappa shape index (κ3) is 9.27. The summed E-state index contributed by atoms with van der Waals surface area (Å²) in [4.78, 5) is 11.6. The molecule has 0 aliphatic carbocycles. The fourth-order valence-electron chi connectivity index (χ4n) is 3.07. The van der Waals surface area contributed by atoms with Gasteiger partial charge in [-0.3, -0.25) is 4.79 Å². The summed E-state index contributed by atoms with van der Waals surface area (Å²) in [5, 5.41) is 0. The van der Waals surface area contributed by atoms with Gasteiger partial charge in [0.25, 0.3) is 0 Å². The fourth-order valence-corrected chi connectivity index (χ4v) is 3.07. The van der Waals surface area contributed by atoms with Crippen LogP contribution in [0.3, 0.4) is 0 Å². The number of benzene rings is 1. The number of hydrogen-bond acceptors (Lipinski definition) is 3. The number of hydrogen-bond donors (Lipinski definition) is 1. The maximum absolute atomic E-state index is 12.7. The van der Waals surface area contributed by atoms with Gasteiger partial charge in [0.15, 0.2) is 0 Å². The molecule has 0 spiro atoms. The summed E-state index contributed by atoms with van der Waals surface area (Å²) in [5.74, 6) is 0.555. The first kappa shape index (κ1) is 23.5. The minimum Gasteiger partial charge on any atom is -0.465 e. The van der Waals surface area contributed by atoms with Gasteiger partial charge in [0, 0.05) is 0 Å². The van der Waals surface area contributed by atoms with Crippen molar-refractivity contribution in [3.05, 3.63) is 35.4 Å². The zero-order valence-corrected chi connectivity index (χ0v) is 16.5. The summed E-state index contributed by atoms with van der Waals surface area (Å²) in [5.41, 5.74) is 6.13. The Morgan fingerprint density at radius 1 is 1.07 bits per heavy atom. The first-order valence-electron chi connectivity index (χ1n) is 9.71. The van der Waals surface area contributed by atoms with Crippen molar-refractivity contribution in [1.29, 1.82) is 0 Å². The molecular formula is C21H32F3NO2. The van der Waals surface area contributed by atoms with Crippen LogP contribution in [0.2, 0.25) is 0 Å². The number of carbonyl (C=O) groups is 1. The molecule has 6 heteroatoms. The van der Waals surface area contributed by atoms with E-state index in [2.05, 4.69) is 13.8 Å². The van der Waals surface area contributed by atoms with Gasteiger partial charge in [0.05, 0.1) is 12.2 Å². The third-order valence-electron chi connectivity index (χ3n) is 4.67. The lowest BCUT2D eigenvalue weighted by Crippen LogP contribution is -2.32. The molecule has 3 nitrogen and oxygen atoms in total. The topological polar surface area (TPSA) is 52.3 Å². The van der Waals surface area contributed by atoms with Crippen LogP contribution in [-0.4, -0.2) is 18.6 Å². The summed E-state index contributed by atoms with van der Waals surface area (Å²) >= 11 is 0. The summed E-state index contributed by atoms with van der Waals surface area (Å²) in [6.45, 7) is 6.38. The number of halogens is 3. The Morgan fingerprint density at radius 3 is 2.22 bits per heavy atom. The highest BCUT2D eigenvalue weighted by atomic mass is 19.4. The number of alkyl halides is 3. The predicted molar refractivity (Wildman–Crippen MR) is 101 cm³/mol. The molecule has 0 amide bonds. The maximum Gasteiger partial charge on any atom is 0.416 e. The molecule has 1 aromatic rings. The van der Waals surface area contributed by atoms with Gasteiger partial charge in [-0.25, -0.2) is 0 Å². The molecule has 2 unspecified atom stereocenters. The molecule has 1 aromatic carbocycles. The number of ether oxygens (including phenoxy) is 1. The molecule has 0 saturated heterocycles. The molecule has 0 saturated carbocycles. The number of nitrogens with two attached hydrogens (primary N) is 1. The second-order valence-corrected chi connectivity index (χ2v) is 7.53. The SMILES string of the molecule is CCOC(=O)C(N)CCCC(CCC(C)C)Cc1ccc(C(F)(F)F)cc1. The molecule has 0 radical (unpaired) electrons. The Hall–Kier alpha value is -1.56. The van der Waals surface area contributed by atoms with Crippen molar-refractivity contribution in [1.82, 2.24) is 0 Å². The lowest BCUT2D eigenvalue weighted by Gasteiger charge is -2.19. The van der Waals surface area contributed by atoms with Gasteiger partial charge in [-0.15, -0.1) is 0 Å². The van der Waals surface area contributed by atoms with Gasteiger partial charge in [-0.2, -0.15) is 13.2 Å². The van der Waals surface area contributed by atoms with Crippen molar-refractivity contribution >= 4 is 5.97 Å². The number of esters is 1. The van der Waals surface area contributed by atoms with Crippen molar-refractivity contribution in [2.24, 2.45) is 17.6 Å². The lowest BCUT2D eigenvalue weighted by molar-refractivity contribution is -0.144. The largest absolute Gasteiger partial charge is 0.465 e. The van der Waals surface area contributed by atoms with E-state index in [1.807, 2.05) is 0 Å². The zero-order valence-electron chi connectivity index (χ0n) is 16.5. The van der Waals surface area contributed by atoms with E-state index in [0.29, 0.717) is 24.9 Å². The molecule has 0 fully saturated rings. The first-order valence-corrected chi connectivity index (χ1v) is 9.71. The van der Waals surface area contributed by atoms with Gasteiger partial charge < -0.3 is 10.5 Å². The molecule has 0 aliphatic rings. The summed E-state index contributed by atoms with van der Waals surface area (Å²) in [7, 11) is 0. The Bertz CT molecular complexity index is 556. The average molecular weight is 387 g/mol. The van der Waals surface area contributed by atoms with E-state index in [4.69, 9.17) is 10.5 Å². The van der Waals surface area contributed by atoms with Crippen molar-refractivity contribution in [2.45, 2.75) is 71.5 Å². The second-order valence-electron chi connectivity index (χ2n) is 7.53. The lowest BCUT2D eigenvalue weighted by atomic mass is 9.87. The predicted octanol–water partition coefficient (Wildman–Crippen LogP) is 5.36. The Morgan fingerprint density at radius 2 is 1.70 bits per heavy atom. The number of carbonyl (C=O) groups excluding carboxylic acids is 1. The average Bonchev–Trinajstić information content (AvgIpc) is 2.59. The quantitative estimate of drug-likeness (QED) is 0.520. The molecule has 2 N–H and O–H groups in total. The minimum absolute atomic E-state index is 0.317.